The molecule has 12 heteroatoms. The second-order valence-corrected chi connectivity index (χ2v) is 9.20. The Morgan fingerprint density at radius 1 is 1.12 bits per heavy atom. The number of hydrazine groups is 1. The third-order valence-electron chi connectivity index (χ3n) is 6.22. The van der Waals surface area contributed by atoms with Crippen molar-refractivity contribution in [3.05, 3.63) is 106 Å². The number of fused-ring (bicyclic) bond motifs is 2. The van der Waals surface area contributed by atoms with E-state index in [0.717, 1.165) is 29.5 Å². The number of carbonyl (C=O) groups is 1. The lowest BCUT2D eigenvalue weighted by atomic mass is 9.96. The molecule has 1 unspecified atom stereocenters. The molecule has 0 bridgehead atoms. The molecule has 206 valence electrons. The molecule has 0 spiro atoms. The van der Waals surface area contributed by atoms with Gasteiger partial charge in [-0.2, -0.15) is 0 Å². The number of hydrogen-bond acceptors (Lipinski definition) is 8. The second-order valence-electron chi connectivity index (χ2n) is 8.56. The molecule has 0 saturated heterocycles. The molecule has 0 aliphatic heterocycles. The molecule has 1 aliphatic rings. The Bertz CT molecular complexity index is 1510. The quantitative estimate of drug-likeness (QED) is 0.179. The van der Waals surface area contributed by atoms with E-state index in [2.05, 4.69) is 48.7 Å². The molecule has 1 aliphatic carbocycles. The average Bonchev–Trinajstić information content (AvgIpc) is 3.14. The van der Waals surface area contributed by atoms with Gasteiger partial charge in [-0.1, -0.05) is 36.0 Å². The highest BCUT2D eigenvalue weighted by molar-refractivity contribution is 7.78. The maximum Gasteiger partial charge on any atom is 0.257 e. The van der Waals surface area contributed by atoms with E-state index in [1.807, 2.05) is 25.4 Å². The van der Waals surface area contributed by atoms with Gasteiger partial charge in [0.25, 0.3) is 5.91 Å². The number of hydrogen-bond donors (Lipinski definition) is 4. The number of nitrogens with zero attached hydrogens (tertiary/aromatic N) is 3. The molecule has 1 atom stereocenters. The summed E-state index contributed by atoms with van der Waals surface area (Å²) >= 11 is 10.6. The molecule has 5 rings (SSSR count). The van der Waals surface area contributed by atoms with Crippen molar-refractivity contribution in [1.82, 2.24) is 25.7 Å². The first kappa shape index (κ1) is 28.8. The number of halogens is 2. The first-order valence-corrected chi connectivity index (χ1v) is 13.1. The lowest BCUT2D eigenvalue weighted by molar-refractivity contribution is 0.102. The van der Waals surface area contributed by atoms with E-state index in [1.165, 1.54) is 30.4 Å². The van der Waals surface area contributed by atoms with Crippen LogP contribution in [-0.2, 0) is 12.8 Å². The maximum absolute atomic E-state index is 13.9. The molecule has 9 nitrogen and oxygen atoms in total. The van der Waals surface area contributed by atoms with Crippen LogP contribution in [0.4, 0.5) is 15.9 Å². The monoisotopic (exact) mass is 579 g/mol. The van der Waals surface area contributed by atoms with Gasteiger partial charge in [-0.15, -0.1) is 0 Å². The fourth-order valence-corrected chi connectivity index (χ4v) is 4.64. The number of aromatic nitrogens is 3. The van der Waals surface area contributed by atoms with Crippen molar-refractivity contribution in [2.45, 2.75) is 18.9 Å². The fourth-order valence-electron chi connectivity index (χ4n) is 4.37. The molecule has 0 radical (unpaired) electrons. The Hall–Kier alpha value is -4.19. The molecule has 0 saturated carbocycles. The SMILES string of the molecule is CNC1c2cnccc2CCc2c(F)cccc21.COc1ncccc1NC(=O)c1cnc(NNC=S)c(Cl)c1. The summed E-state index contributed by atoms with van der Waals surface area (Å²) in [4.78, 5) is 24.4. The molecule has 0 fully saturated rings. The van der Waals surface area contributed by atoms with Crippen molar-refractivity contribution in [1.29, 1.82) is 0 Å². The summed E-state index contributed by atoms with van der Waals surface area (Å²) in [5, 5.41) is 6.23. The number of carbonyl (C=O) groups excluding carboxylic acids is 1. The maximum atomic E-state index is 13.9. The van der Waals surface area contributed by atoms with Gasteiger partial charge in [0.15, 0.2) is 5.82 Å². The number of nitrogens with one attached hydrogen (secondary N) is 4. The molecule has 40 heavy (non-hydrogen) atoms. The van der Waals surface area contributed by atoms with E-state index in [1.54, 1.807) is 36.7 Å². The van der Waals surface area contributed by atoms with Crippen LogP contribution >= 0.6 is 23.8 Å². The van der Waals surface area contributed by atoms with Gasteiger partial charge in [0, 0.05) is 24.8 Å². The smallest absolute Gasteiger partial charge is 0.257 e. The van der Waals surface area contributed by atoms with Crippen LogP contribution in [0, 0.1) is 5.82 Å². The average molecular weight is 580 g/mol. The summed E-state index contributed by atoms with van der Waals surface area (Å²) in [5.74, 6) is 0.195. The number of anilines is 2. The molecule has 4 N–H and O–H groups in total. The summed E-state index contributed by atoms with van der Waals surface area (Å²) in [5.41, 5.74) is 11.5. The van der Waals surface area contributed by atoms with Crippen molar-refractivity contribution in [2.24, 2.45) is 0 Å². The Morgan fingerprint density at radius 3 is 2.73 bits per heavy atom. The van der Waals surface area contributed by atoms with Crippen molar-refractivity contribution in [2.75, 3.05) is 24.9 Å². The van der Waals surface area contributed by atoms with Gasteiger partial charge in [-0.05, 0) is 72.5 Å². The highest BCUT2D eigenvalue weighted by Crippen LogP contribution is 2.32. The Kier molecular flexibility index (Phi) is 9.90. The number of pyridine rings is 3. The molecule has 1 aromatic carbocycles. The van der Waals surface area contributed by atoms with Crippen LogP contribution in [0.5, 0.6) is 5.88 Å². The summed E-state index contributed by atoms with van der Waals surface area (Å²) in [6.45, 7) is 0. The molecule has 3 aromatic heterocycles. The van der Waals surface area contributed by atoms with E-state index in [9.17, 15) is 9.18 Å². The number of rotatable bonds is 7. The first-order valence-electron chi connectivity index (χ1n) is 12.2. The van der Waals surface area contributed by atoms with Gasteiger partial charge in [0.1, 0.15) is 11.5 Å². The third kappa shape index (κ3) is 6.68. The summed E-state index contributed by atoms with van der Waals surface area (Å²) in [6.07, 6.45) is 8.25. The Morgan fingerprint density at radius 2 is 1.98 bits per heavy atom. The number of aryl methyl sites for hydroxylation is 1. The van der Waals surface area contributed by atoms with E-state index < -0.39 is 0 Å². The van der Waals surface area contributed by atoms with Gasteiger partial charge in [0.05, 0.1) is 29.2 Å². The van der Waals surface area contributed by atoms with Crippen LogP contribution in [0.3, 0.4) is 0 Å². The summed E-state index contributed by atoms with van der Waals surface area (Å²) < 4.78 is 19.0. The Labute approximate surface area is 241 Å². The minimum absolute atomic E-state index is 0.0295. The van der Waals surface area contributed by atoms with Crippen molar-refractivity contribution in [3.63, 3.8) is 0 Å². The lowest BCUT2D eigenvalue weighted by Gasteiger charge is -2.19. The van der Waals surface area contributed by atoms with Crippen LogP contribution in [0.2, 0.25) is 5.02 Å². The first-order chi connectivity index (χ1) is 19.5. The van der Waals surface area contributed by atoms with Gasteiger partial charge in [-0.3, -0.25) is 20.6 Å². The minimum Gasteiger partial charge on any atom is -0.480 e. The predicted molar refractivity (Wildman–Crippen MR) is 157 cm³/mol. The highest BCUT2D eigenvalue weighted by Gasteiger charge is 2.24. The molecule has 4 aromatic rings. The topological polar surface area (TPSA) is 113 Å². The molecular weight excluding hydrogens is 553 g/mol. The van der Waals surface area contributed by atoms with E-state index in [4.69, 9.17) is 16.3 Å². The van der Waals surface area contributed by atoms with E-state index in [-0.39, 0.29) is 22.8 Å². The standard InChI is InChI=1S/C15H15FN2.C13H12ClN5O2S/c1-17-15-12-3-2-4-14(16)11(12)6-5-10-7-8-18-9-13(10)15;1-21-13-10(3-2-4-15-13)18-12(20)8-5-9(14)11(16-6-8)19-17-7-22/h2-4,7-9,15,17H,5-6H2,1H3;2-7H,1H3,(H,16,19)(H,17,22)(H,18,20). The van der Waals surface area contributed by atoms with Gasteiger partial charge < -0.3 is 15.4 Å². The van der Waals surface area contributed by atoms with Crippen LogP contribution in [0.1, 0.15) is 38.7 Å². The second kappa shape index (κ2) is 13.7. The fraction of sp³-hybridized carbons (Fsp3) is 0.179. The van der Waals surface area contributed by atoms with Gasteiger partial charge in [-0.25, -0.2) is 14.4 Å². The molecule has 1 amide bonds. The zero-order valence-corrected chi connectivity index (χ0v) is 23.3. The van der Waals surface area contributed by atoms with Crippen molar-refractivity contribution in [3.8, 4) is 5.88 Å². The van der Waals surface area contributed by atoms with Gasteiger partial charge in [0.2, 0.25) is 5.88 Å². The number of ether oxygens (including phenoxy) is 1. The van der Waals surface area contributed by atoms with Crippen molar-refractivity contribution >= 4 is 46.7 Å². The van der Waals surface area contributed by atoms with Crippen LogP contribution in [0.15, 0.2) is 67.3 Å². The van der Waals surface area contributed by atoms with E-state index >= 15 is 0 Å². The zero-order chi connectivity index (χ0) is 28.5. The number of thiocarbonyl (C=S) groups is 1. The van der Waals surface area contributed by atoms with Gasteiger partial charge >= 0.3 is 0 Å². The minimum atomic E-state index is -0.380. The molecular formula is C28H27ClFN7O2S. The summed E-state index contributed by atoms with van der Waals surface area (Å²) in [7, 11) is 3.38. The number of benzene rings is 1. The normalized spacial score (nSPS) is 13.3. The third-order valence-corrected chi connectivity index (χ3v) is 6.63. The summed E-state index contributed by atoms with van der Waals surface area (Å²) in [6, 6.07) is 12.2. The van der Waals surface area contributed by atoms with Crippen molar-refractivity contribution < 1.29 is 13.9 Å². The zero-order valence-electron chi connectivity index (χ0n) is 21.7. The largest absolute Gasteiger partial charge is 0.480 e. The predicted octanol–water partition coefficient (Wildman–Crippen LogP) is 4.89. The van der Waals surface area contributed by atoms with Crippen LogP contribution in [0.25, 0.3) is 0 Å². The number of methoxy groups -OCH3 is 1. The Balaban J connectivity index is 0.000000188. The highest BCUT2D eigenvalue weighted by atomic mass is 35.5. The van der Waals surface area contributed by atoms with E-state index in [0.29, 0.717) is 22.9 Å². The van der Waals surface area contributed by atoms with Crippen LogP contribution in [-0.4, -0.2) is 40.5 Å². The number of amides is 1. The molecule has 3 heterocycles. The lowest BCUT2D eigenvalue weighted by Crippen LogP contribution is -2.20. The van der Waals surface area contributed by atoms with Crippen LogP contribution < -0.4 is 26.2 Å².